The van der Waals surface area contributed by atoms with Crippen molar-refractivity contribution in [3.05, 3.63) is 58.4 Å². The van der Waals surface area contributed by atoms with Crippen LogP contribution in [0, 0.1) is 0 Å². The average Bonchev–Trinajstić information content (AvgIpc) is 3.15. The van der Waals surface area contributed by atoms with E-state index in [-0.39, 0.29) is 11.1 Å². The van der Waals surface area contributed by atoms with Crippen molar-refractivity contribution < 1.29 is 9.13 Å². The maximum atomic E-state index is 14.0. The van der Waals surface area contributed by atoms with Crippen molar-refractivity contribution in [3.63, 3.8) is 0 Å². The third kappa shape index (κ3) is 6.46. The quantitative estimate of drug-likeness (QED) is 0.339. The van der Waals surface area contributed by atoms with Crippen LogP contribution in [0.25, 0.3) is 11.4 Å². The molecule has 0 radical (unpaired) electrons. The molecule has 31 heavy (non-hydrogen) atoms. The Morgan fingerprint density at radius 2 is 1.97 bits per heavy atom. The highest BCUT2D eigenvalue weighted by atomic mass is 35.5. The molecular weight excluding hydrogens is 419 g/mol. The Kier molecular flexibility index (Phi) is 8.34. The first-order valence-electron chi connectivity index (χ1n) is 10.4. The lowest BCUT2D eigenvalue weighted by Gasteiger charge is -2.11. The predicted octanol–water partition coefficient (Wildman–Crippen LogP) is 4.17. The standard InChI is InChI=1S/C22H28ClFN6O/c1-3-8-26-9-10-31-14-17-7-5-4-6-16(17)11-18-13-30(15(2)24)29-21(18)19-12-20(23)28-22(25)27-19/h4-7,12-13,15,26H,3,8-11,14H2,1-2H3,(H2,25,27,28). The number of nitrogens with one attached hydrogen (secondary N) is 1. The monoisotopic (exact) mass is 446 g/mol. The number of anilines is 1. The van der Waals surface area contributed by atoms with Gasteiger partial charge in [0.2, 0.25) is 5.95 Å². The van der Waals surface area contributed by atoms with Gasteiger partial charge in [-0.25, -0.2) is 19.0 Å². The minimum Gasteiger partial charge on any atom is -0.375 e. The van der Waals surface area contributed by atoms with Gasteiger partial charge in [-0.3, -0.25) is 0 Å². The summed E-state index contributed by atoms with van der Waals surface area (Å²) >= 11 is 6.05. The van der Waals surface area contributed by atoms with Gasteiger partial charge in [-0.05, 0) is 31.0 Å². The highest BCUT2D eigenvalue weighted by molar-refractivity contribution is 6.29. The van der Waals surface area contributed by atoms with Crippen LogP contribution in [0.3, 0.4) is 0 Å². The van der Waals surface area contributed by atoms with Gasteiger partial charge in [-0.15, -0.1) is 0 Å². The number of hydrogen-bond acceptors (Lipinski definition) is 6. The predicted molar refractivity (Wildman–Crippen MR) is 121 cm³/mol. The van der Waals surface area contributed by atoms with E-state index in [1.54, 1.807) is 12.3 Å². The summed E-state index contributed by atoms with van der Waals surface area (Å²) in [5, 5.41) is 7.92. The lowest BCUT2D eigenvalue weighted by molar-refractivity contribution is 0.122. The van der Waals surface area contributed by atoms with Gasteiger partial charge in [0.15, 0.2) is 6.30 Å². The first-order chi connectivity index (χ1) is 15.0. The number of aromatic nitrogens is 4. The van der Waals surface area contributed by atoms with E-state index in [0.717, 1.165) is 36.2 Å². The number of alkyl halides is 1. The van der Waals surface area contributed by atoms with Gasteiger partial charge in [-0.2, -0.15) is 5.10 Å². The summed E-state index contributed by atoms with van der Waals surface area (Å²) in [5.74, 6) is 0.0433. The van der Waals surface area contributed by atoms with Crippen molar-refractivity contribution >= 4 is 17.5 Å². The number of benzene rings is 1. The number of nitrogen functional groups attached to an aromatic ring is 1. The number of rotatable bonds is 11. The molecule has 0 amide bonds. The molecule has 166 valence electrons. The number of nitrogens with zero attached hydrogens (tertiary/aromatic N) is 4. The summed E-state index contributed by atoms with van der Waals surface area (Å²) in [4.78, 5) is 8.13. The summed E-state index contributed by atoms with van der Waals surface area (Å²) < 4.78 is 21.1. The number of ether oxygens (including phenoxy) is 1. The lowest BCUT2D eigenvalue weighted by Crippen LogP contribution is -2.20. The first kappa shape index (κ1) is 23.1. The Hall–Kier alpha value is -2.55. The third-order valence-corrected chi connectivity index (χ3v) is 4.93. The Morgan fingerprint density at radius 3 is 2.68 bits per heavy atom. The molecular formula is C22H28ClFN6O. The molecule has 3 rings (SSSR count). The molecule has 2 aromatic heterocycles. The van der Waals surface area contributed by atoms with Crippen LogP contribution >= 0.6 is 11.6 Å². The molecule has 3 N–H and O–H groups in total. The Labute approximate surface area is 186 Å². The summed E-state index contributed by atoms with van der Waals surface area (Å²) in [7, 11) is 0. The second-order valence-electron chi connectivity index (χ2n) is 7.24. The molecule has 7 nitrogen and oxygen atoms in total. The largest absolute Gasteiger partial charge is 0.375 e. The zero-order valence-electron chi connectivity index (χ0n) is 17.8. The van der Waals surface area contributed by atoms with Gasteiger partial charge in [0.05, 0.1) is 18.9 Å². The van der Waals surface area contributed by atoms with E-state index in [0.29, 0.717) is 31.0 Å². The van der Waals surface area contributed by atoms with Crippen LogP contribution in [-0.2, 0) is 17.8 Å². The van der Waals surface area contributed by atoms with E-state index < -0.39 is 6.30 Å². The molecule has 0 aliphatic heterocycles. The van der Waals surface area contributed by atoms with Crippen LogP contribution < -0.4 is 11.1 Å². The highest BCUT2D eigenvalue weighted by Gasteiger charge is 2.18. The summed E-state index contributed by atoms with van der Waals surface area (Å²) in [5.41, 5.74) is 9.70. The maximum absolute atomic E-state index is 14.0. The second-order valence-corrected chi connectivity index (χ2v) is 7.63. The SMILES string of the molecule is CCCNCCOCc1ccccc1Cc1cn(C(C)F)nc1-c1cc(Cl)nc(N)n1. The van der Waals surface area contributed by atoms with Crippen molar-refractivity contribution in [2.24, 2.45) is 0 Å². The van der Waals surface area contributed by atoms with E-state index in [2.05, 4.69) is 27.3 Å². The molecule has 0 fully saturated rings. The van der Waals surface area contributed by atoms with Crippen LogP contribution in [0.4, 0.5) is 10.3 Å². The van der Waals surface area contributed by atoms with E-state index in [9.17, 15) is 4.39 Å². The molecule has 1 aromatic carbocycles. The van der Waals surface area contributed by atoms with Crippen molar-refractivity contribution in [1.29, 1.82) is 0 Å². The Morgan fingerprint density at radius 1 is 1.19 bits per heavy atom. The molecule has 1 unspecified atom stereocenters. The third-order valence-electron chi connectivity index (χ3n) is 4.73. The Bertz CT molecular complexity index is 974. The zero-order chi connectivity index (χ0) is 22.2. The van der Waals surface area contributed by atoms with Crippen LogP contribution in [0.15, 0.2) is 36.5 Å². The zero-order valence-corrected chi connectivity index (χ0v) is 18.6. The number of halogens is 2. The summed E-state index contributed by atoms with van der Waals surface area (Å²) in [6, 6.07) is 9.61. The maximum Gasteiger partial charge on any atom is 0.222 e. The lowest BCUT2D eigenvalue weighted by atomic mass is 9.99. The normalized spacial score (nSPS) is 12.3. The molecule has 9 heteroatoms. The molecule has 0 bridgehead atoms. The minimum atomic E-state index is -1.28. The van der Waals surface area contributed by atoms with E-state index in [4.69, 9.17) is 22.1 Å². The van der Waals surface area contributed by atoms with Gasteiger partial charge in [0, 0.05) is 30.8 Å². The molecule has 0 spiro atoms. The molecule has 1 atom stereocenters. The molecule has 0 saturated heterocycles. The van der Waals surface area contributed by atoms with Crippen molar-refractivity contribution in [2.45, 2.75) is 39.6 Å². The topological polar surface area (TPSA) is 90.9 Å². The molecule has 2 heterocycles. The van der Waals surface area contributed by atoms with Crippen LogP contribution in [0.2, 0.25) is 5.15 Å². The van der Waals surface area contributed by atoms with E-state index in [1.807, 2.05) is 24.3 Å². The molecule has 3 aromatic rings. The van der Waals surface area contributed by atoms with Gasteiger partial charge >= 0.3 is 0 Å². The molecule has 0 aliphatic rings. The smallest absolute Gasteiger partial charge is 0.222 e. The van der Waals surface area contributed by atoms with E-state index >= 15 is 0 Å². The fourth-order valence-electron chi connectivity index (χ4n) is 3.22. The van der Waals surface area contributed by atoms with Gasteiger partial charge in [0.1, 0.15) is 10.8 Å². The molecule has 0 aliphatic carbocycles. The minimum absolute atomic E-state index is 0.0433. The fourth-order valence-corrected chi connectivity index (χ4v) is 3.41. The molecule has 0 saturated carbocycles. The van der Waals surface area contributed by atoms with E-state index in [1.165, 1.54) is 11.6 Å². The first-order valence-corrected chi connectivity index (χ1v) is 10.7. The van der Waals surface area contributed by atoms with Crippen molar-refractivity contribution in [3.8, 4) is 11.4 Å². The highest BCUT2D eigenvalue weighted by Crippen LogP contribution is 2.27. The second kappa shape index (κ2) is 11.2. The van der Waals surface area contributed by atoms with Crippen LogP contribution in [0.1, 0.15) is 43.3 Å². The average molecular weight is 447 g/mol. The number of hydrogen-bond donors (Lipinski definition) is 2. The van der Waals surface area contributed by atoms with Crippen molar-refractivity contribution in [2.75, 3.05) is 25.4 Å². The summed E-state index contributed by atoms with van der Waals surface area (Å²) in [6.07, 6.45) is 2.05. The Balaban J connectivity index is 1.82. The van der Waals surface area contributed by atoms with Crippen molar-refractivity contribution in [1.82, 2.24) is 25.1 Å². The van der Waals surface area contributed by atoms with Gasteiger partial charge in [-0.1, -0.05) is 42.8 Å². The van der Waals surface area contributed by atoms with Gasteiger partial charge < -0.3 is 15.8 Å². The van der Waals surface area contributed by atoms with Gasteiger partial charge in [0.25, 0.3) is 0 Å². The summed E-state index contributed by atoms with van der Waals surface area (Å²) in [6.45, 7) is 6.49. The van der Waals surface area contributed by atoms with Crippen LogP contribution in [0.5, 0.6) is 0 Å². The number of nitrogens with two attached hydrogens (primary N) is 1. The fraction of sp³-hybridized carbons (Fsp3) is 0.409. The van der Waals surface area contributed by atoms with Crippen LogP contribution in [-0.4, -0.2) is 39.4 Å².